The Bertz CT molecular complexity index is 569. The predicted molar refractivity (Wildman–Crippen MR) is 88.1 cm³/mol. The van der Waals surface area contributed by atoms with Gasteiger partial charge in [-0.2, -0.15) is 5.06 Å². The van der Waals surface area contributed by atoms with Crippen LogP contribution in [0.5, 0.6) is 0 Å². The number of nitrogens with one attached hydrogen (secondary N) is 1. The first-order valence-corrected chi connectivity index (χ1v) is 7.76. The molecule has 22 heavy (non-hydrogen) atoms. The molecule has 1 aliphatic heterocycles. The van der Waals surface area contributed by atoms with Crippen LogP contribution in [-0.2, 0) is 0 Å². The van der Waals surface area contributed by atoms with E-state index in [4.69, 9.17) is 17.3 Å². The second kappa shape index (κ2) is 5.72. The van der Waals surface area contributed by atoms with E-state index in [2.05, 4.69) is 5.32 Å². The van der Waals surface area contributed by atoms with Gasteiger partial charge in [0.25, 0.3) is 5.91 Å². The fourth-order valence-electron chi connectivity index (χ4n) is 3.38. The number of benzene rings is 1. The van der Waals surface area contributed by atoms with Crippen LogP contribution in [0, 0.1) is 0 Å². The SMILES string of the molecule is CC1(C)CC(NC(=O)c2ccc(Cl)cc2N)CC(C)(C)N1O. The van der Waals surface area contributed by atoms with Crippen LogP contribution in [0.2, 0.25) is 5.02 Å². The zero-order chi connectivity index (χ0) is 16.7. The number of carbonyl (C=O) groups excluding carboxylic acids is 1. The molecular weight excluding hydrogens is 302 g/mol. The minimum atomic E-state index is -0.411. The first-order valence-electron chi connectivity index (χ1n) is 7.38. The molecule has 0 atom stereocenters. The number of rotatable bonds is 2. The Hall–Kier alpha value is -1.30. The molecule has 6 heteroatoms. The van der Waals surface area contributed by atoms with E-state index in [-0.39, 0.29) is 11.9 Å². The fraction of sp³-hybridized carbons (Fsp3) is 0.562. The van der Waals surface area contributed by atoms with Crippen molar-refractivity contribution in [1.29, 1.82) is 0 Å². The van der Waals surface area contributed by atoms with Gasteiger partial charge in [-0.3, -0.25) is 4.79 Å². The summed E-state index contributed by atoms with van der Waals surface area (Å²) in [6.45, 7) is 7.85. The van der Waals surface area contributed by atoms with Gasteiger partial charge in [-0.15, -0.1) is 0 Å². The van der Waals surface area contributed by atoms with Crippen LogP contribution in [0.3, 0.4) is 0 Å². The van der Waals surface area contributed by atoms with Crippen molar-refractivity contribution in [3.63, 3.8) is 0 Å². The lowest BCUT2D eigenvalue weighted by molar-refractivity contribution is -0.245. The van der Waals surface area contributed by atoms with E-state index >= 15 is 0 Å². The molecular formula is C16H24ClN3O2. The molecule has 0 unspecified atom stereocenters. The third-order valence-electron chi connectivity index (χ3n) is 4.23. The van der Waals surface area contributed by atoms with E-state index in [0.717, 1.165) is 0 Å². The third-order valence-corrected chi connectivity index (χ3v) is 4.47. The highest BCUT2D eigenvalue weighted by molar-refractivity contribution is 6.31. The molecule has 2 rings (SSSR count). The summed E-state index contributed by atoms with van der Waals surface area (Å²) in [6.07, 6.45) is 1.32. The Morgan fingerprint density at radius 2 is 1.86 bits per heavy atom. The van der Waals surface area contributed by atoms with Crippen LogP contribution in [0.25, 0.3) is 0 Å². The molecule has 0 radical (unpaired) electrons. The van der Waals surface area contributed by atoms with Crippen LogP contribution in [0.15, 0.2) is 18.2 Å². The molecule has 5 nitrogen and oxygen atoms in total. The second-order valence-corrected chi connectivity index (χ2v) is 7.68. The summed E-state index contributed by atoms with van der Waals surface area (Å²) in [5.41, 5.74) is 5.83. The summed E-state index contributed by atoms with van der Waals surface area (Å²) in [4.78, 5) is 12.4. The number of nitrogen functional groups attached to an aromatic ring is 1. The zero-order valence-corrected chi connectivity index (χ0v) is 14.2. The lowest BCUT2D eigenvalue weighted by atomic mass is 9.79. The van der Waals surface area contributed by atoms with E-state index in [1.54, 1.807) is 18.2 Å². The number of hydrogen-bond donors (Lipinski definition) is 3. The average Bonchev–Trinajstić information content (AvgIpc) is 2.34. The van der Waals surface area contributed by atoms with E-state index in [9.17, 15) is 10.0 Å². The maximum Gasteiger partial charge on any atom is 0.253 e. The Morgan fingerprint density at radius 3 is 2.36 bits per heavy atom. The van der Waals surface area contributed by atoms with Gasteiger partial charge in [0.2, 0.25) is 0 Å². The number of carbonyl (C=O) groups is 1. The quantitative estimate of drug-likeness (QED) is 0.730. The largest absolute Gasteiger partial charge is 0.398 e. The molecule has 1 aromatic rings. The van der Waals surface area contributed by atoms with Gasteiger partial charge in [0.05, 0.1) is 5.56 Å². The minimum absolute atomic E-state index is 0.0315. The second-order valence-electron chi connectivity index (χ2n) is 7.25. The number of anilines is 1. The zero-order valence-electron chi connectivity index (χ0n) is 13.5. The summed E-state index contributed by atoms with van der Waals surface area (Å²) >= 11 is 5.86. The van der Waals surface area contributed by atoms with E-state index in [0.29, 0.717) is 29.1 Å². The molecule has 0 aliphatic carbocycles. The molecule has 0 aromatic heterocycles. The molecule has 4 N–H and O–H groups in total. The fourth-order valence-corrected chi connectivity index (χ4v) is 3.56. The Kier molecular flexibility index (Phi) is 4.44. The molecule has 0 bridgehead atoms. The van der Waals surface area contributed by atoms with Crippen LogP contribution in [0.1, 0.15) is 50.9 Å². The van der Waals surface area contributed by atoms with Crippen molar-refractivity contribution in [2.75, 3.05) is 5.73 Å². The van der Waals surface area contributed by atoms with Crippen LogP contribution in [-0.4, -0.2) is 33.3 Å². The lowest BCUT2D eigenvalue weighted by Gasteiger charge is -2.51. The maximum atomic E-state index is 12.4. The van der Waals surface area contributed by atoms with E-state index < -0.39 is 11.1 Å². The van der Waals surface area contributed by atoms with Gasteiger partial charge in [-0.1, -0.05) is 11.6 Å². The van der Waals surface area contributed by atoms with Crippen molar-refractivity contribution in [2.24, 2.45) is 0 Å². The minimum Gasteiger partial charge on any atom is -0.398 e. The Morgan fingerprint density at radius 1 is 1.32 bits per heavy atom. The summed E-state index contributed by atoms with van der Waals surface area (Å²) in [6, 6.07) is 4.82. The molecule has 0 spiro atoms. The molecule has 122 valence electrons. The molecule has 1 fully saturated rings. The molecule has 1 amide bonds. The number of hydrogen-bond acceptors (Lipinski definition) is 4. The van der Waals surface area contributed by atoms with Gasteiger partial charge in [0.1, 0.15) is 0 Å². The monoisotopic (exact) mass is 325 g/mol. The Labute approximate surface area is 136 Å². The number of nitrogens with zero attached hydrogens (tertiary/aromatic N) is 1. The number of amides is 1. The topological polar surface area (TPSA) is 78.6 Å². The van der Waals surface area contributed by atoms with Gasteiger partial charge in [-0.25, -0.2) is 0 Å². The van der Waals surface area contributed by atoms with Crippen molar-refractivity contribution in [3.05, 3.63) is 28.8 Å². The molecule has 1 aliphatic rings. The molecule has 1 aromatic carbocycles. The number of piperidine rings is 1. The van der Waals surface area contributed by atoms with Crippen LogP contribution in [0.4, 0.5) is 5.69 Å². The number of nitrogens with two attached hydrogens (primary N) is 1. The van der Waals surface area contributed by atoms with E-state index in [1.165, 1.54) is 5.06 Å². The maximum absolute atomic E-state index is 12.4. The van der Waals surface area contributed by atoms with Gasteiger partial charge in [0.15, 0.2) is 0 Å². The van der Waals surface area contributed by atoms with Crippen molar-refractivity contribution in [1.82, 2.24) is 10.4 Å². The third kappa shape index (κ3) is 3.37. The molecule has 0 saturated carbocycles. The highest BCUT2D eigenvalue weighted by Crippen LogP contribution is 2.36. The number of halogens is 1. The number of hydroxylamine groups is 2. The molecule has 1 saturated heterocycles. The standard InChI is InChI=1S/C16H24ClN3O2/c1-15(2)8-11(9-16(3,4)20(15)22)19-14(21)12-6-5-10(17)7-13(12)18/h5-7,11,22H,8-9,18H2,1-4H3,(H,19,21). The molecule has 1 heterocycles. The summed E-state index contributed by atoms with van der Waals surface area (Å²) < 4.78 is 0. The smallest absolute Gasteiger partial charge is 0.253 e. The summed E-state index contributed by atoms with van der Waals surface area (Å²) in [5, 5.41) is 15.2. The van der Waals surface area contributed by atoms with Crippen LogP contribution >= 0.6 is 11.6 Å². The van der Waals surface area contributed by atoms with Gasteiger partial charge in [-0.05, 0) is 58.7 Å². The average molecular weight is 326 g/mol. The van der Waals surface area contributed by atoms with Crippen LogP contribution < -0.4 is 11.1 Å². The first-order chi connectivity index (χ1) is 10.0. The van der Waals surface area contributed by atoms with Gasteiger partial charge >= 0.3 is 0 Å². The van der Waals surface area contributed by atoms with Gasteiger partial charge in [0, 0.05) is 27.8 Å². The lowest BCUT2D eigenvalue weighted by Crippen LogP contribution is -2.62. The summed E-state index contributed by atoms with van der Waals surface area (Å²) in [7, 11) is 0. The predicted octanol–water partition coefficient (Wildman–Crippen LogP) is 3.06. The van der Waals surface area contributed by atoms with Crippen molar-refractivity contribution >= 4 is 23.2 Å². The van der Waals surface area contributed by atoms with Crippen molar-refractivity contribution in [2.45, 2.75) is 57.7 Å². The van der Waals surface area contributed by atoms with E-state index in [1.807, 2.05) is 27.7 Å². The Balaban J connectivity index is 2.15. The van der Waals surface area contributed by atoms with Crippen molar-refractivity contribution < 1.29 is 10.0 Å². The first kappa shape index (κ1) is 17.1. The van der Waals surface area contributed by atoms with Crippen molar-refractivity contribution in [3.8, 4) is 0 Å². The normalized spacial score (nSPS) is 21.5. The highest BCUT2D eigenvalue weighted by atomic mass is 35.5. The summed E-state index contributed by atoms with van der Waals surface area (Å²) in [5.74, 6) is -0.211. The van der Waals surface area contributed by atoms with Gasteiger partial charge < -0.3 is 16.3 Å². The highest BCUT2D eigenvalue weighted by Gasteiger charge is 2.45.